The first-order chi connectivity index (χ1) is 25.6. The zero-order valence-electron chi connectivity index (χ0n) is 31.5. The molecule has 0 saturated carbocycles. The van der Waals surface area contributed by atoms with Gasteiger partial charge in [-0.2, -0.15) is 15.6 Å². The van der Waals surface area contributed by atoms with E-state index in [4.69, 9.17) is 24.3 Å². The minimum Gasteiger partial charge on any atom is -0.382 e. The molecule has 292 valence electrons. The van der Waals surface area contributed by atoms with Crippen LogP contribution in [0.3, 0.4) is 0 Å². The van der Waals surface area contributed by atoms with Gasteiger partial charge in [0.05, 0.1) is 31.0 Å². The summed E-state index contributed by atoms with van der Waals surface area (Å²) in [5, 5.41) is 23.4. The summed E-state index contributed by atoms with van der Waals surface area (Å²) in [5.74, 6) is -0.233. The number of aryl methyl sites for hydroxylation is 1. The second-order valence-corrected chi connectivity index (χ2v) is 15.2. The molecule has 0 aliphatic carbocycles. The van der Waals surface area contributed by atoms with Gasteiger partial charge in [0.25, 0.3) is 0 Å². The molecule has 3 rings (SSSR count). The Labute approximate surface area is 314 Å². The van der Waals surface area contributed by atoms with Crippen LogP contribution in [-0.4, -0.2) is 51.5 Å². The number of phosphoric ester groups is 1. The van der Waals surface area contributed by atoms with Crippen molar-refractivity contribution in [2.45, 2.75) is 141 Å². The second kappa shape index (κ2) is 24.1. The minimum atomic E-state index is -4.65. The largest absolute Gasteiger partial charge is 0.472 e. The lowest BCUT2D eigenvalue weighted by molar-refractivity contribution is -0.0292. The number of unbranched alkanes of at least 4 members (excludes halogenated alkanes) is 14. The van der Waals surface area contributed by atoms with Crippen LogP contribution in [0.25, 0.3) is 5.52 Å². The third-order valence-electron chi connectivity index (χ3n) is 9.53. The van der Waals surface area contributed by atoms with E-state index < -0.39 is 32.0 Å². The lowest BCUT2D eigenvalue weighted by atomic mass is 9.99. The van der Waals surface area contributed by atoms with Gasteiger partial charge in [-0.05, 0) is 55.2 Å². The highest BCUT2D eigenvalue weighted by Gasteiger charge is 2.35. The average molecular weight is 757 g/mol. The molecule has 12 nitrogen and oxygen atoms in total. The van der Waals surface area contributed by atoms with Crippen molar-refractivity contribution in [2.75, 3.05) is 26.1 Å². The summed E-state index contributed by atoms with van der Waals surface area (Å²) in [6.07, 6.45) is 20.2. The fourth-order valence-electron chi connectivity index (χ4n) is 6.26. The highest BCUT2D eigenvalue weighted by atomic mass is 31.2. The predicted molar refractivity (Wildman–Crippen MR) is 202 cm³/mol. The Balaban J connectivity index is 1.46. The maximum Gasteiger partial charge on any atom is 0.472 e. The number of ether oxygens (including phenoxy) is 2. The SMILES string of the molecule is CCCCCCCCCCCCCCCCC[C@@H](COP(=O)(O)OC[C@](C#N)(CCc1ccc2c(N)ncnn12)OC)OCc1cc(F)cc(C#N)c1. The number of rotatable bonds is 29. The van der Waals surface area contributed by atoms with Gasteiger partial charge in [0.15, 0.2) is 11.4 Å². The third kappa shape index (κ3) is 16.2. The molecule has 0 bridgehead atoms. The van der Waals surface area contributed by atoms with Crippen LogP contribution >= 0.6 is 7.82 Å². The summed E-state index contributed by atoms with van der Waals surface area (Å²) in [5.41, 5.74) is 6.38. The van der Waals surface area contributed by atoms with Crippen LogP contribution in [0.1, 0.15) is 133 Å². The molecule has 0 radical (unpaired) electrons. The van der Waals surface area contributed by atoms with Crippen LogP contribution < -0.4 is 5.73 Å². The van der Waals surface area contributed by atoms with Gasteiger partial charge in [0, 0.05) is 12.8 Å². The summed E-state index contributed by atoms with van der Waals surface area (Å²) >= 11 is 0. The molecule has 2 heterocycles. The summed E-state index contributed by atoms with van der Waals surface area (Å²) < 4.78 is 50.8. The van der Waals surface area contributed by atoms with Gasteiger partial charge in [-0.3, -0.25) is 9.05 Å². The number of fused-ring (bicyclic) bond motifs is 1. The number of nitriles is 2. The zero-order valence-corrected chi connectivity index (χ0v) is 32.4. The van der Waals surface area contributed by atoms with Crippen molar-refractivity contribution < 1.29 is 32.4 Å². The molecule has 0 saturated heterocycles. The number of nitrogens with zero attached hydrogens (tertiary/aromatic N) is 5. The summed E-state index contributed by atoms with van der Waals surface area (Å²) in [6.45, 7) is 1.44. The number of methoxy groups -OCH3 is 1. The van der Waals surface area contributed by atoms with Crippen molar-refractivity contribution in [2.24, 2.45) is 0 Å². The summed E-state index contributed by atoms with van der Waals surface area (Å²) in [7, 11) is -3.32. The van der Waals surface area contributed by atoms with E-state index in [1.54, 1.807) is 16.6 Å². The number of hydrogen-bond donors (Lipinski definition) is 2. The van der Waals surface area contributed by atoms with Crippen molar-refractivity contribution >= 4 is 19.2 Å². The Morgan fingerprint density at radius 2 is 1.60 bits per heavy atom. The molecule has 53 heavy (non-hydrogen) atoms. The Morgan fingerprint density at radius 3 is 2.21 bits per heavy atom. The number of phosphoric acid groups is 1. The Bertz CT molecular complexity index is 1640. The molecular formula is C39H58FN6O6P. The fourth-order valence-corrected chi connectivity index (χ4v) is 7.07. The van der Waals surface area contributed by atoms with Gasteiger partial charge in [0.1, 0.15) is 30.3 Å². The minimum absolute atomic E-state index is 0.0119. The van der Waals surface area contributed by atoms with Crippen molar-refractivity contribution in [3.63, 3.8) is 0 Å². The monoisotopic (exact) mass is 756 g/mol. The van der Waals surface area contributed by atoms with E-state index in [0.717, 1.165) is 37.4 Å². The highest BCUT2D eigenvalue weighted by molar-refractivity contribution is 7.47. The first-order valence-electron chi connectivity index (χ1n) is 19.1. The Morgan fingerprint density at radius 1 is 0.962 bits per heavy atom. The lowest BCUT2D eigenvalue weighted by Crippen LogP contribution is -2.36. The number of halogens is 1. The molecule has 3 atom stereocenters. The summed E-state index contributed by atoms with van der Waals surface area (Å²) in [6, 6.07) is 11.6. The van der Waals surface area contributed by atoms with E-state index in [1.807, 2.05) is 12.1 Å². The van der Waals surface area contributed by atoms with Crippen molar-refractivity contribution in [3.8, 4) is 12.1 Å². The van der Waals surface area contributed by atoms with Crippen molar-refractivity contribution in [1.29, 1.82) is 10.5 Å². The van der Waals surface area contributed by atoms with E-state index in [2.05, 4.69) is 23.1 Å². The summed E-state index contributed by atoms with van der Waals surface area (Å²) in [4.78, 5) is 14.6. The van der Waals surface area contributed by atoms with Gasteiger partial charge >= 0.3 is 7.82 Å². The molecule has 0 fully saturated rings. The molecule has 2 aromatic heterocycles. The molecule has 0 amide bonds. The molecule has 0 aliphatic rings. The van der Waals surface area contributed by atoms with Crippen LogP contribution in [0.4, 0.5) is 10.2 Å². The van der Waals surface area contributed by atoms with E-state index in [-0.39, 0.29) is 25.2 Å². The number of hydrogen-bond acceptors (Lipinski definition) is 10. The first kappa shape index (κ1) is 44.0. The van der Waals surface area contributed by atoms with E-state index in [1.165, 1.54) is 90.1 Å². The molecule has 1 aromatic carbocycles. The van der Waals surface area contributed by atoms with E-state index in [0.29, 0.717) is 29.7 Å². The van der Waals surface area contributed by atoms with E-state index >= 15 is 0 Å². The van der Waals surface area contributed by atoms with Gasteiger partial charge in [-0.25, -0.2) is 18.5 Å². The maximum atomic E-state index is 14.0. The predicted octanol–water partition coefficient (Wildman–Crippen LogP) is 9.14. The number of benzene rings is 1. The smallest absolute Gasteiger partial charge is 0.382 e. The van der Waals surface area contributed by atoms with Gasteiger partial charge in [0.2, 0.25) is 0 Å². The van der Waals surface area contributed by atoms with Crippen LogP contribution in [0.2, 0.25) is 0 Å². The number of nitrogens with two attached hydrogens (primary N) is 1. The molecule has 14 heteroatoms. The Kier molecular flexibility index (Phi) is 20.0. The highest BCUT2D eigenvalue weighted by Crippen LogP contribution is 2.45. The van der Waals surface area contributed by atoms with E-state index in [9.17, 15) is 24.4 Å². The van der Waals surface area contributed by atoms with Crippen LogP contribution in [0, 0.1) is 28.5 Å². The van der Waals surface area contributed by atoms with Crippen molar-refractivity contribution in [3.05, 3.63) is 59.3 Å². The fraction of sp³-hybridized carbons (Fsp3) is 0.641. The zero-order chi connectivity index (χ0) is 38.4. The topological polar surface area (TPSA) is 178 Å². The number of nitrogen functional groups attached to an aromatic ring is 1. The maximum absolute atomic E-state index is 14.0. The second-order valence-electron chi connectivity index (χ2n) is 13.7. The standard InChI is InChI=1S/C39H58FN6O6P/c1-3-4-5-6-7-8-9-10-11-12-13-14-15-16-17-18-36(50-27-33-23-32(26-41)24-34(40)25-33)28-51-53(47,48)52-30-39(29-42,49-2)22-21-35-19-20-37-38(43)44-31-45-46(35)37/h19-20,23-25,31,36H,3-18,21-22,27-28,30H2,1-2H3,(H,47,48)(H2,43,44,45)/t36-,39+/m0/s1. The number of aromatic nitrogens is 3. The lowest BCUT2D eigenvalue weighted by Gasteiger charge is -2.26. The van der Waals surface area contributed by atoms with Crippen LogP contribution in [-0.2, 0) is 36.1 Å². The molecule has 3 aromatic rings. The van der Waals surface area contributed by atoms with Crippen LogP contribution in [0.15, 0.2) is 36.7 Å². The molecular weight excluding hydrogens is 698 g/mol. The molecule has 1 unspecified atom stereocenters. The Hall–Kier alpha value is -3.42. The normalized spacial score (nSPS) is 14.4. The number of anilines is 1. The van der Waals surface area contributed by atoms with Gasteiger partial charge in [-0.15, -0.1) is 0 Å². The van der Waals surface area contributed by atoms with Gasteiger partial charge in [-0.1, -0.05) is 103 Å². The van der Waals surface area contributed by atoms with Crippen LogP contribution in [0.5, 0.6) is 0 Å². The third-order valence-corrected chi connectivity index (χ3v) is 10.5. The molecule has 0 aliphatic heterocycles. The molecule has 0 spiro atoms. The van der Waals surface area contributed by atoms with Crippen molar-refractivity contribution in [1.82, 2.24) is 14.6 Å². The van der Waals surface area contributed by atoms with Gasteiger partial charge < -0.3 is 20.1 Å². The quantitative estimate of drug-likeness (QED) is 0.0510. The first-order valence-corrected chi connectivity index (χ1v) is 20.6. The molecule has 3 N–H and O–H groups in total. The average Bonchev–Trinajstić information content (AvgIpc) is 3.58.